The number of hydrogen-bond donors (Lipinski definition) is 1. The number of ether oxygens (including phenoxy) is 1. The van der Waals surface area contributed by atoms with Gasteiger partial charge in [-0.2, -0.15) is 0 Å². The number of rotatable bonds is 3. The maximum absolute atomic E-state index is 13.8. The molecule has 1 aliphatic carbocycles. The highest BCUT2D eigenvalue weighted by molar-refractivity contribution is 5.33. The van der Waals surface area contributed by atoms with Crippen LogP contribution < -0.4 is 10.5 Å². The predicted molar refractivity (Wildman–Crippen MR) is 75.7 cm³/mol. The van der Waals surface area contributed by atoms with Crippen LogP contribution in [0, 0.1) is 11.7 Å². The summed E-state index contributed by atoms with van der Waals surface area (Å²) >= 11 is 0. The third kappa shape index (κ3) is 3.08. The Hall–Kier alpha value is -1.09. The van der Waals surface area contributed by atoms with Gasteiger partial charge in [-0.3, -0.25) is 0 Å². The molecule has 1 aromatic carbocycles. The number of methoxy groups -OCH3 is 1. The first-order chi connectivity index (χ1) is 9.09. The molecule has 0 aliphatic heterocycles. The molecule has 19 heavy (non-hydrogen) atoms. The Kier molecular flexibility index (Phi) is 4.46. The lowest BCUT2D eigenvalue weighted by Crippen LogP contribution is -2.36. The van der Waals surface area contributed by atoms with Crippen molar-refractivity contribution in [3.63, 3.8) is 0 Å². The number of nitrogens with two attached hydrogens (primary N) is 1. The Bertz CT molecular complexity index is 435. The van der Waals surface area contributed by atoms with Gasteiger partial charge < -0.3 is 10.5 Å². The topological polar surface area (TPSA) is 35.2 Å². The maximum Gasteiger partial charge on any atom is 0.165 e. The average molecular weight is 265 g/mol. The first kappa shape index (κ1) is 14.3. The summed E-state index contributed by atoms with van der Waals surface area (Å²) in [5.74, 6) is 0.738. The Morgan fingerprint density at radius 2 is 2.16 bits per heavy atom. The van der Waals surface area contributed by atoms with E-state index >= 15 is 0 Å². The Morgan fingerprint density at radius 3 is 2.79 bits per heavy atom. The van der Waals surface area contributed by atoms with Crippen LogP contribution >= 0.6 is 0 Å². The van der Waals surface area contributed by atoms with E-state index in [1.165, 1.54) is 20.0 Å². The van der Waals surface area contributed by atoms with Crippen LogP contribution in [0.3, 0.4) is 0 Å². The van der Waals surface area contributed by atoms with Gasteiger partial charge >= 0.3 is 0 Å². The fourth-order valence-electron chi connectivity index (χ4n) is 3.11. The minimum atomic E-state index is -0.378. The van der Waals surface area contributed by atoms with E-state index in [9.17, 15) is 4.39 Å². The van der Waals surface area contributed by atoms with E-state index in [0.717, 1.165) is 37.2 Å². The summed E-state index contributed by atoms with van der Waals surface area (Å²) in [5.41, 5.74) is 7.08. The third-order valence-corrected chi connectivity index (χ3v) is 4.54. The van der Waals surface area contributed by atoms with E-state index in [4.69, 9.17) is 10.5 Å². The number of halogens is 1. The van der Waals surface area contributed by atoms with Crippen LogP contribution in [0.5, 0.6) is 5.75 Å². The molecule has 2 N–H and O–H groups in total. The molecule has 3 heteroatoms. The van der Waals surface area contributed by atoms with Crippen molar-refractivity contribution in [3.05, 3.63) is 29.6 Å². The molecule has 2 unspecified atom stereocenters. The summed E-state index contributed by atoms with van der Waals surface area (Å²) < 4.78 is 18.8. The second-order valence-corrected chi connectivity index (χ2v) is 5.71. The van der Waals surface area contributed by atoms with Gasteiger partial charge in [0.15, 0.2) is 11.6 Å². The van der Waals surface area contributed by atoms with Crippen LogP contribution in [0.2, 0.25) is 0 Å². The van der Waals surface area contributed by atoms with Gasteiger partial charge in [0.1, 0.15) is 0 Å². The van der Waals surface area contributed by atoms with Crippen molar-refractivity contribution in [2.45, 2.75) is 51.0 Å². The van der Waals surface area contributed by atoms with Crippen molar-refractivity contribution >= 4 is 0 Å². The van der Waals surface area contributed by atoms with E-state index in [0.29, 0.717) is 0 Å². The second kappa shape index (κ2) is 5.91. The van der Waals surface area contributed by atoms with Crippen LogP contribution in [-0.2, 0) is 5.54 Å². The third-order valence-electron chi connectivity index (χ3n) is 4.54. The summed E-state index contributed by atoms with van der Waals surface area (Å²) in [4.78, 5) is 0. The molecule has 0 aromatic heterocycles. The highest BCUT2D eigenvalue weighted by Crippen LogP contribution is 2.37. The van der Waals surface area contributed by atoms with Gasteiger partial charge in [0, 0.05) is 5.54 Å². The van der Waals surface area contributed by atoms with Crippen molar-refractivity contribution in [1.82, 2.24) is 0 Å². The van der Waals surface area contributed by atoms with E-state index in [1.807, 2.05) is 6.07 Å². The number of benzene rings is 1. The maximum atomic E-state index is 13.8. The molecule has 0 spiro atoms. The molecular formula is C16H24FNO. The van der Waals surface area contributed by atoms with Gasteiger partial charge in [-0.1, -0.05) is 32.3 Å². The predicted octanol–water partition coefficient (Wildman–Crippen LogP) is 3.98. The molecule has 0 amide bonds. The Morgan fingerprint density at radius 1 is 1.37 bits per heavy atom. The summed E-state index contributed by atoms with van der Waals surface area (Å²) in [6.45, 7) is 2.24. The average Bonchev–Trinajstić information content (AvgIpc) is 2.61. The van der Waals surface area contributed by atoms with Crippen molar-refractivity contribution in [2.24, 2.45) is 11.7 Å². The molecule has 0 heterocycles. The van der Waals surface area contributed by atoms with Gasteiger partial charge in [-0.05, 0) is 42.9 Å². The van der Waals surface area contributed by atoms with E-state index in [-0.39, 0.29) is 17.1 Å². The molecular weight excluding hydrogens is 241 g/mol. The Labute approximate surface area is 115 Å². The molecule has 1 fully saturated rings. The SMILES string of the molecule is CCC1CCCC(N)(c2ccc(OC)c(F)c2)CC1. The highest BCUT2D eigenvalue weighted by atomic mass is 19.1. The van der Waals surface area contributed by atoms with Crippen LogP contribution in [0.25, 0.3) is 0 Å². The lowest BCUT2D eigenvalue weighted by atomic mass is 9.83. The van der Waals surface area contributed by atoms with Crippen LogP contribution in [-0.4, -0.2) is 7.11 Å². The summed E-state index contributed by atoms with van der Waals surface area (Å²) in [5, 5.41) is 0. The standard InChI is InChI=1S/C16H24FNO/c1-3-12-5-4-9-16(18,10-8-12)13-6-7-15(19-2)14(17)11-13/h6-7,11-12H,3-5,8-10,18H2,1-2H3. The molecule has 1 saturated carbocycles. The van der Waals surface area contributed by atoms with Crippen molar-refractivity contribution < 1.29 is 9.13 Å². The first-order valence-corrected chi connectivity index (χ1v) is 7.22. The lowest BCUT2D eigenvalue weighted by Gasteiger charge is -2.29. The monoisotopic (exact) mass is 265 g/mol. The zero-order valence-corrected chi connectivity index (χ0v) is 11.9. The first-order valence-electron chi connectivity index (χ1n) is 7.22. The fraction of sp³-hybridized carbons (Fsp3) is 0.625. The molecule has 2 rings (SSSR count). The highest BCUT2D eigenvalue weighted by Gasteiger charge is 2.31. The van der Waals surface area contributed by atoms with Crippen LogP contribution in [0.1, 0.15) is 51.0 Å². The van der Waals surface area contributed by atoms with E-state index in [1.54, 1.807) is 12.1 Å². The van der Waals surface area contributed by atoms with Crippen molar-refractivity contribution in [3.8, 4) is 5.75 Å². The molecule has 2 nitrogen and oxygen atoms in total. The summed E-state index contributed by atoms with van der Waals surface area (Å²) in [7, 11) is 1.48. The van der Waals surface area contributed by atoms with Gasteiger partial charge in [0.25, 0.3) is 0 Å². The van der Waals surface area contributed by atoms with Crippen LogP contribution in [0.4, 0.5) is 4.39 Å². The normalized spacial score (nSPS) is 27.9. The van der Waals surface area contributed by atoms with Crippen molar-refractivity contribution in [1.29, 1.82) is 0 Å². The zero-order valence-electron chi connectivity index (χ0n) is 11.9. The van der Waals surface area contributed by atoms with Gasteiger partial charge in [0.2, 0.25) is 0 Å². The molecule has 1 aliphatic rings. The summed E-state index contributed by atoms with van der Waals surface area (Å²) in [6.07, 6.45) is 6.61. The summed E-state index contributed by atoms with van der Waals surface area (Å²) in [6, 6.07) is 5.14. The Balaban J connectivity index is 2.21. The van der Waals surface area contributed by atoms with Crippen molar-refractivity contribution in [2.75, 3.05) is 7.11 Å². The zero-order chi connectivity index (χ0) is 13.9. The minimum absolute atomic E-state index is 0.285. The molecule has 0 radical (unpaired) electrons. The largest absolute Gasteiger partial charge is 0.494 e. The van der Waals surface area contributed by atoms with Gasteiger partial charge in [-0.15, -0.1) is 0 Å². The van der Waals surface area contributed by atoms with E-state index < -0.39 is 0 Å². The molecule has 106 valence electrons. The molecule has 1 aromatic rings. The number of hydrogen-bond acceptors (Lipinski definition) is 2. The lowest BCUT2D eigenvalue weighted by molar-refractivity contribution is 0.363. The molecule has 0 bridgehead atoms. The molecule has 0 saturated heterocycles. The quantitative estimate of drug-likeness (QED) is 0.839. The second-order valence-electron chi connectivity index (χ2n) is 5.71. The van der Waals surface area contributed by atoms with Gasteiger partial charge in [0.05, 0.1) is 7.11 Å². The van der Waals surface area contributed by atoms with Crippen LogP contribution in [0.15, 0.2) is 18.2 Å². The smallest absolute Gasteiger partial charge is 0.165 e. The fourth-order valence-corrected chi connectivity index (χ4v) is 3.11. The molecule has 2 atom stereocenters. The van der Waals surface area contributed by atoms with E-state index in [2.05, 4.69) is 6.92 Å². The van der Waals surface area contributed by atoms with Gasteiger partial charge in [-0.25, -0.2) is 4.39 Å². The minimum Gasteiger partial charge on any atom is -0.494 e.